The fraction of sp³-hybridized carbons (Fsp3) is 0.574. The van der Waals surface area contributed by atoms with Crippen molar-refractivity contribution < 1.29 is 42.9 Å². The van der Waals surface area contributed by atoms with Crippen LogP contribution in [0, 0.1) is 0 Å². The van der Waals surface area contributed by atoms with Gasteiger partial charge >= 0.3 is 17.9 Å². The maximum atomic E-state index is 12.8. The number of rotatable bonds is 41. The summed E-state index contributed by atoms with van der Waals surface area (Å²) in [5, 5.41) is 9.64. The Morgan fingerprint density at radius 2 is 0.889 bits per heavy atom. The molecule has 0 saturated heterocycles. The van der Waals surface area contributed by atoms with Crippen molar-refractivity contribution in [3.63, 3.8) is 0 Å². The molecule has 9 heteroatoms. The van der Waals surface area contributed by atoms with Crippen molar-refractivity contribution in [3.05, 3.63) is 122 Å². The lowest BCUT2D eigenvalue weighted by Gasteiger charge is -2.25. The number of allylic oxidation sites excluding steroid dienone is 20. The Morgan fingerprint density at radius 3 is 1.33 bits per heavy atom. The molecule has 354 valence electrons. The van der Waals surface area contributed by atoms with Crippen molar-refractivity contribution in [3.8, 4) is 0 Å². The first-order chi connectivity index (χ1) is 30.6. The summed E-state index contributed by atoms with van der Waals surface area (Å²) >= 11 is 0. The van der Waals surface area contributed by atoms with E-state index in [1.807, 2.05) is 33.3 Å². The highest BCUT2D eigenvalue weighted by Crippen LogP contribution is 2.12. The summed E-state index contributed by atoms with van der Waals surface area (Å²) in [4.78, 5) is 37.1. The van der Waals surface area contributed by atoms with Crippen LogP contribution in [-0.4, -0.2) is 87.4 Å². The predicted octanol–water partition coefficient (Wildman–Crippen LogP) is 13.0. The Kier molecular flexibility index (Phi) is 41.3. The van der Waals surface area contributed by atoms with Crippen LogP contribution in [-0.2, 0) is 33.3 Å². The standard InChI is InChI=1S/C54H85NO8/c1-6-8-10-12-14-16-18-20-21-22-23-24-25-26-27-28-29-30-31-33-35-37-39-41-43-45-52(57)63-50(49-62-54(53(58)59)60-47-46-55(3,4)5)48-61-51(56)44-42-40-38-36-34-32-19-17-15-13-11-9-7-2/h8-11,14-17,20-21,23-24,26-27,29-30,32,34,38,40,50,54H,6-7,12-13,18-19,22,25,28,31,33,35-37,39,41-49H2,1-5H3/p+1/b10-8-,11-9-,16-14-,17-15-,21-20-,24-23-,27-26-,30-29-,34-32-,40-38-. The van der Waals surface area contributed by atoms with Crippen LogP contribution in [0.3, 0.4) is 0 Å². The van der Waals surface area contributed by atoms with Crippen molar-refractivity contribution in [2.75, 3.05) is 47.5 Å². The highest BCUT2D eigenvalue weighted by atomic mass is 16.7. The van der Waals surface area contributed by atoms with Crippen LogP contribution in [0.15, 0.2) is 122 Å². The van der Waals surface area contributed by atoms with Gasteiger partial charge in [-0.3, -0.25) is 9.59 Å². The molecule has 2 unspecified atom stereocenters. The molecule has 0 aliphatic carbocycles. The van der Waals surface area contributed by atoms with Crippen LogP contribution < -0.4 is 0 Å². The molecule has 0 aromatic heterocycles. The predicted molar refractivity (Wildman–Crippen MR) is 262 cm³/mol. The molecule has 0 heterocycles. The van der Waals surface area contributed by atoms with E-state index in [0.717, 1.165) is 103 Å². The Balaban J connectivity index is 4.48. The quantitative estimate of drug-likeness (QED) is 0.0213. The molecule has 1 N–H and O–H groups in total. The zero-order chi connectivity index (χ0) is 46.3. The third-order valence-electron chi connectivity index (χ3n) is 9.23. The van der Waals surface area contributed by atoms with Gasteiger partial charge in [0.15, 0.2) is 6.10 Å². The van der Waals surface area contributed by atoms with Crippen molar-refractivity contribution in [2.24, 2.45) is 0 Å². The van der Waals surface area contributed by atoms with E-state index in [0.29, 0.717) is 23.9 Å². The second kappa shape index (κ2) is 44.3. The van der Waals surface area contributed by atoms with Crippen molar-refractivity contribution in [1.29, 1.82) is 0 Å². The molecule has 0 fully saturated rings. The summed E-state index contributed by atoms with van der Waals surface area (Å²) in [5.74, 6) is -2.16. The van der Waals surface area contributed by atoms with Gasteiger partial charge in [-0.15, -0.1) is 0 Å². The Labute approximate surface area is 383 Å². The zero-order valence-electron chi connectivity index (χ0n) is 39.9. The van der Waals surface area contributed by atoms with Crippen LogP contribution in [0.1, 0.15) is 142 Å². The molecule has 0 radical (unpaired) electrons. The topological polar surface area (TPSA) is 108 Å². The van der Waals surface area contributed by atoms with E-state index in [1.165, 1.54) is 0 Å². The number of quaternary nitrogens is 1. The number of likely N-dealkylation sites (N-methyl/N-ethyl adjacent to an activating group) is 1. The second-order valence-corrected chi connectivity index (χ2v) is 16.3. The van der Waals surface area contributed by atoms with Gasteiger partial charge in [0.25, 0.3) is 6.29 Å². The van der Waals surface area contributed by atoms with Gasteiger partial charge in [-0.05, 0) is 89.9 Å². The smallest absolute Gasteiger partial charge is 0.361 e. The minimum absolute atomic E-state index is 0.166. The van der Waals surface area contributed by atoms with Crippen molar-refractivity contribution in [1.82, 2.24) is 0 Å². The number of nitrogens with zero attached hydrogens (tertiary/aromatic N) is 1. The number of carbonyl (C=O) groups is 3. The molecule has 0 bridgehead atoms. The zero-order valence-corrected chi connectivity index (χ0v) is 39.9. The number of esters is 2. The van der Waals surface area contributed by atoms with Gasteiger partial charge in [0.1, 0.15) is 13.2 Å². The van der Waals surface area contributed by atoms with Gasteiger partial charge in [0.05, 0.1) is 34.4 Å². The van der Waals surface area contributed by atoms with Crippen LogP contribution in [0.2, 0.25) is 0 Å². The van der Waals surface area contributed by atoms with E-state index in [4.69, 9.17) is 18.9 Å². The highest BCUT2D eigenvalue weighted by Gasteiger charge is 2.25. The molecule has 0 saturated carbocycles. The minimum Gasteiger partial charge on any atom is -0.477 e. The summed E-state index contributed by atoms with van der Waals surface area (Å²) in [6.07, 6.45) is 58.5. The van der Waals surface area contributed by atoms with Gasteiger partial charge in [-0.1, -0.05) is 161 Å². The first-order valence-corrected chi connectivity index (χ1v) is 23.7. The largest absolute Gasteiger partial charge is 0.477 e. The van der Waals surface area contributed by atoms with Gasteiger partial charge in [-0.25, -0.2) is 4.79 Å². The third-order valence-corrected chi connectivity index (χ3v) is 9.23. The molecule has 2 atom stereocenters. The molecule has 0 aromatic carbocycles. The maximum Gasteiger partial charge on any atom is 0.361 e. The van der Waals surface area contributed by atoms with E-state index in [2.05, 4.69) is 123 Å². The Hall–Kier alpha value is -4.31. The molecule has 0 rings (SSSR count). The number of carbonyl (C=O) groups excluding carboxylic acids is 2. The van der Waals surface area contributed by atoms with Crippen LogP contribution in [0.25, 0.3) is 0 Å². The molecule has 0 aliphatic heterocycles. The summed E-state index contributed by atoms with van der Waals surface area (Å²) in [5.41, 5.74) is 0. The lowest BCUT2D eigenvalue weighted by atomic mass is 10.1. The van der Waals surface area contributed by atoms with Gasteiger partial charge < -0.3 is 28.5 Å². The SMILES string of the molecule is CC/C=C\C/C=C\C/C=C\C/C=C\C/C=C\C/C=C\CCCCCCCCC(=O)OC(COC(=O)CC/C=C\C/C=C\C/C=C\C/C=C\CC)COC(OCC[N+](C)(C)C)C(=O)O. The van der Waals surface area contributed by atoms with Crippen LogP contribution in [0.4, 0.5) is 0 Å². The number of ether oxygens (including phenoxy) is 4. The van der Waals surface area contributed by atoms with E-state index in [-0.39, 0.29) is 32.7 Å². The van der Waals surface area contributed by atoms with E-state index >= 15 is 0 Å². The minimum atomic E-state index is -1.54. The summed E-state index contributed by atoms with van der Waals surface area (Å²) in [6, 6.07) is 0. The monoisotopic (exact) mass is 877 g/mol. The average Bonchev–Trinajstić information content (AvgIpc) is 3.24. The molecule has 0 spiro atoms. The maximum absolute atomic E-state index is 12.8. The molecule has 0 aromatic rings. The summed E-state index contributed by atoms with van der Waals surface area (Å²) in [6.45, 7) is 4.50. The first-order valence-electron chi connectivity index (χ1n) is 23.7. The molecular weight excluding hydrogens is 791 g/mol. The van der Waals surface area contributed by atoms with Gasteiger partial charge in [0.2, 0.25) is 0 Å². The molecular formula is C54H86NO8+. The molecule has 0 amide bonds. The number of hydrogen-bond acceptors (Lipinski definition) is 7. The molecule has 63 heavy (non-hydrogen) atoms. The van der Waals surface area contributed by atoms with Crippen molar-refractivity contribution in [2.45, 2.75) is 155 Å². The van der Waals surface area contributed by atoms with E-state index in [1.54, 1.807) is 0 Å². The number of hydrogen-bond donors (Lipinski definition) is 1. The lowest BCUT2D eigenvalue weighted by Crippen LogP contribution is -2.40. The average molecular weight is 877 g/mol. The van der Waals surface area contributed by atoms with Crippen molar-refractivity contribution >= 4 is 17.9 Å². The summed E-state index contributed by atoms with van der Waals surface area (Å²) in [7, 11) is 5.92. The third kappa shape index (κ3) is 45.5. The summed E-state index contributed by atoms with van der Waals surface area (Å²) < 4.78 is 22.6. The number of carboxylic acid groups (broad SMARTS) is 1. The lowest BCUT2D eigenvalue weighted by molar-refractivity contribution is -0.870. The first kappa shape index (κ1) is 58.7. The Bertz CT molecular complexity index is 1440. The number of unbranched alkanes of at least 4 members (excludes halogenated alkanes) is 6. The fourth-order valence-electron chi connectivity index (χ4n) is 5.62. The van der Waals surface area contributed by atoms with Gasteiger partial charge in [0, 0.05) is 12.8 Å². The highest BCUT2D eigenvalue weighted by molar-refractivity contribution is 5.71. The van der Waals surface area contributed by atoms with Gasteiger partial charge in [-0.2, -0.15) is 0 Å². The normalized spacial score (nSPS) is 14.0. The van der Waals surface area contributed by atoms with Crippen LogP contribution >= 0.6 is 0 Å². The van der Waals surface area contributed by atoms with E-state index < -0.39 is 30.3 Å². The second-order valence-electron chi connectivity index (χ2n) is 16.3. The number of aliphatic carboxylic acids is 1. The Morgan fingerprint density at radius 1 is 0.476 bits per heavy atom. The molecule has 0 aliphatic rings. The number of carboxylic acids is 1. The van der Waals surface area contributed by atoms with E-state index in [9.17, 15) is 19.5 Å². The molecule has 9 nitrogen and oxygen atoms in total. The fourth-order valence-corrected chi connectivity index (χ4v) is 5.62. The van der Waals surface area contributed by atoms with Crippen LogP contribution in [0.5, 0.6) is 0 Å².